The van der Waals surface area contributed by atoms with E-state index in [2.05, 4.69) is 20.8 Å². The first-order valence-electron chi connectivity index (χ1n) is 28.2. The molecule has 3 fully saturated rings. The molecule has 0 spiro atoms. The molecular weight excluding hydrogens is 1080 g/mol. The lowest BCUT2D eigenvalue weighted by molar-refractivity contribution is -0.385. The molecule has 0 bridgehead atoms. The second-order valence-electron chi connectivity index (χ2n) is 24.8. The zero-order valence-corrected chi connectivity index (χ0v) is 48.4. The molecule has 84 heavy (non-hydrogen) atoms. The number of carbonyl (C=O) groups excluding carboxylic acids is 5. The predicted molar refractivity (Wildman–Crippen MR) is 306 cm³/mol. The number of nitro benzene ring substituents is 4. The largest absolute Gasteiger partial charge is 0.461 e. The highest BCUT2D eigenvalue weighted by molar-refractivity contribution is 5.87. The van der Waals surface area contributed by atoms with E-state index < -0.39 is 101 Å². The summed E-state index contributed by atoms with van der Waals surface area (Å²) < 4.78 is 25.6. The number of benzene rings is 4. The van der Waals surface area contributed by atoms with Crippen LogP contribution in [0.15, 0.2) is 114 Å². The van der Waals surface area contributed by atoms with Gasteiger partial charge in [-0.25, -0.2) is 4.79 Å². The van der Waals surface area contributed by atoms with Crippen molar-refractivity contribution in [1.82, 2.24) is 0 Å². The highest BCUT2D eigenvalue weighted by Crippen LogP contribution is 2.74. The average molecular weight is 1160 g/mol. The van der Waals surface area contributed by atoms with Crippen molar-refractivity contribution in [3.8, 4) is 0 Å². The van der Waals surface area contributed by atoms with E-state index in [1.54, 1.807) is 0 Å². The molecule has 4 aromatic carbocycles. The maximum Gasteiger partial charge on any atom is 0.331 e. The van der Waals surface area contributed by atoms with Crippen molar-refractivity contribution in [2.24, 2.45) is 39.4 Å². The number of hydrogen-bond acceptors (Lipinski definition) is 17. The fourth-order valence-electron chi connectivity index (χ4n) is 14.7. The zero-order chi connectivity index (χ0) is 61.3. The minimum atomic E-state index is -1.78. The number of ether oxygens (including phenoxy) is 4. The Kier molecular flexibility index (Phi) is 17.6. The molecule has 0 saturated heterocycles. The maximum atomic E-state index is 14.3. The third-order valence-corrected chi connectivity index (χ3v) is 19.0. The molecule has 0 heterocycles. The van der Waals surface area contributed by atoms with Gasteiger partial charge in [0.2, 0.25) is 0 Å². The summed E-state index contributed by atoms with van der Waals surface area (Å²) in [4.78, 5) is 114. The Bertz CT molecular complexity index is 3320. The molecule has 444 valence electrons. The summed E-state index contributed by atoms with van der Waals surface area (Å²) in [6.45, 7) is 15.8. The lowest BCUT2D eigenvalue weighted by Crippen LogP contribution is -2.66. The smallest absolute Gasteiger partial charge is 0.331 e. The molecule has 0 N–H and O–H groups in total. The maximum absolute atomic E-state index is 14.3. The first kappa shape index (κ1) is 61.6. The fraction of sp³-hybridized carbons (Fsp3) is 0.476. The van der Waals surface area contributed by atoms with Crippen LogP contribution in [0.4, 0.5) is 22.7 Å². The molecule has 9 atom stereocenters. The third-order valence-electron chi connectivity index (χ3n) is 19.0. The molecule has 0 radical (unpaired) electrons. The second kappa shape index (κ2) is 24.0. The first-order chi connectivity index (χ1) is 39.4. The summed E-state index contributed by atoms with van der Waals surface area (Å²) in [7, 11) is 0. The van der Waals surface area contributed by atoms with Gasteiger partial charge in [0, 0.05) is 78.8 Å². The number of esters is 4. The van der Waals surface area contributed by atoms with E-state index in [1.807, 2.05) is 20.8 Å². The minimum absolute atomic E-state index is 0.00864. The normalized spacial score (nSPS) is 24.5. The number of rotatable bonds is 21. The van der Waals surface area contributed by atoms with E-state index in [0.29, 0.717) is 54.4 Å². The number of carbonyl (C=O) groups is 5. The van der Waals surface area contributed by atoms with Crippen molar-refractivity contribution in [1.29, 1.82) is 0 Å². The number of allylic oxidation sites excluding steroid dienone is 1. The van der Waals surface area contributed by atoms with Gasteiger partial charge in [-0.2, -0.15) is 0 Å². The van der Waals surface area contributed by atoms with Crippen LogP contribution in [0.3, 0.4) is 0 Å². The van der Waals surface area contributed by atoms with Crippen LogP contribution >= 0.6 is 0 Å². The van der Waals surface area contributed by atoms with Crippen molar-refractivity contribution in [3.63, 3.8) is 0 Å². The average Bonchev–Trinajstić information content (AvgIpc) is 1.15. The van der Waals surface area contributed by atoms with Gasteiger partial charge in [0.15, 0.2) is 6.10 Å². The topological polar surface area (TPSA) is 295 Å². The van der Waals surface area contributed by atoms with Crippen molar-refractivity contribution in [3.05, 3.63) is 177 Å². The predicted octanol–water partition coefficient (Wildman–Crippen LogP) is 12.1. The molecule has 0 amide bonds. The lowest BCUT2D eigenvalue weighted by Gasteiger charge is -2.69. The molecule has 4 aromatic rings. The number of non-ortho nitro benzene ring substituents is 4. The van der Waals surface area contributed by atoms with Gasteiger partial charge in [0.25, 0.3) is 22.7 Å². The van der Waals surface area contributed by atoms with Gasteiger partial charge in [0.05, 0.1) is 39.0 Å². The van der Waals surface area contributed by atoms with Gasteiger partial charge >= 0.3 is 23.9 Å². The van der Waals surface area contributed by atoms with Crippen LogP contribution < -0.4 is 0 Å². The molecule has 3 saturated carbocycles. The Hall–Kier alpha value is -8.49. The Morgan fingerprint density at radius 1 is 0.643 bits per heavy atom. The van der Waals surface area contributed by atoms with E-state index in [4.69, 9.17) is 18.9 Å². The minimum Gasteiger partial charge on any atom is -0.461 e. The quantitative estimate of drug-likeness (QED) is 0.0187. The van der Waals surface area contributed by atoms with Crippen LogP contribution in [0, 0.1) is 79.9 Å². The molecule has 4 aliphatic rings. The van der Waals surface area contributed by atoms with Crippen LogP contribution in [0.25, 0.3) is 6.08 Å². The van der Waals surface area contributed by atoms with Crippen LogP contribution in [0.1, 0.15) is 129 Å². The van der Waals surface area contributed by atoms with E-state index in [9.17, 15) is 64.4 Å². The van der Waals surface area contributed by atoms with Crippen molar-refractivity contribution in [2.45, 2.75) is 150 Å². The van der Waals surface area contributed by atoms with Crippen LogP contribution in [-0.2, 0) is 62.2 Å². The standard InChI is InChI=1S/C63H70N4O17/c1-38(47-27-31-62(7)48(47)37-49(81-54(70)34-40-11-20-44(21-12-40)65(75)76)57-61(6)30-29-52(68)59(2,3)51(61)28-32-63(57,62)8)33-50(82-53(69)26-17-39-9-18-43(19-10-39)64(73)74)58(83-55(71)35-41-13-22-45(23-14-41)66(77)78)60(4,5)84-56(72)36-42-15-24-46(25-16-42)67(79)80/h9-26,38,49-51,57-58H,27-37H2,1-8H3/b26-17+/t38-,49+,50+,51+,57+,58-,61+,62+,63+/m1/s1. The van der Waals surface area contributed by atoms with Crippen LogP contribution in [-0.4, -0.2) is 73.3 Å². The number of ketones is 1. The summed E-state index contributed by atoms with van der Waals surface area (Å²) in [5, 5.41) is 45.8. The van der Waals surface area contributed by atoms with Gasteiger partial charge in [-0.15, -0.1) is 0 Å². The van der Waals surface area contributed by atoms with Gasteiger partial charge in [-0.3, -0.25) is 59.6 Å². The van der Waals surface area contributed by atoms with Gasteiger partial charge in [-0.05, 0) is 121 Å². The summed E-state index contributed by atoms with van der Waals surface area (Å²) in [5.74, 6) is -3.56. The number of nitrogens with zero attached hydrogens (tertiary/aromatic N) is 4. The molecule has 21 heteroatoms. The molecular formula is C63H70N4O17. The SMILES string of the molecule is C[C@H](C[C@H](OC(=O)/C=C/c1ccc([N+](=O)[O-])cc1)[C@@H](OC(=O)Cc1ccc([N+](=O)[O-])cc1)C(C)(C)OC(=O)Cc1ccc([N+](=O)[O-])cc1)C1=C2C[C@H](OC(=O)Cc3ccc([N+](=O)[O-])cc3)[C@H]3[C@@]4(C)CCC(=O)C(C)(C)[C@@H]4CC[C@]3(C)[C@@]2(C)CC1. The summed E-state index contributed by atoms with van der Waals surface area (Å²) in [6.07, 6.45) is 2.09. The van der Waals surface area contributed by atoms with E-state index in [1.165, 1.54) is 117 Å². The highest BCUT2D eigenvalue weighted by Gasteiger charge is 2.70. The second-order valence-corrected chi connectivity index (χ2v) is 24.8. The Morgan fingerprint density at radius 3 is 1.62 bits per heavy atom. The molecule has 0 unspecified atom stereocenters. The number of fused-ring (bicyclic) bond motifs is 5. The number of Topliss-reactive ketones (excluding diaryl/α,β-unsaturated/α-hetero) is 1. The molecule has 4 aliphatic carbocycles. The molecule has 21 nitrogen and oxygen atoms in total. The van der Waals surface area contributed by atoms with Crippen molar-refractivity contribution >= 4 is 58.5 Å². The van der Waals surface area contributed by atoms with Gasteiger partial charge < -0.3 is 18.9 Å². The summed E-state index contributed by atoms with van der Waals surface area (Å²) in [6, 6.07) is 21.7. The number of nitro groups is 4. The Labute approximate surface area is 485 Å². The third kappa shape index (κ3) is 12.7. The van der Waals surface area contributed by atoms with Crippen molar-refractivity contribution in [2.75, 3.05) is 0 Å². The summed E-state index contributed by atoms with van der Waals surface area (Å²) >= 11 is 0. The lowest BCUT2D eigenvalue weighted by atomic mass is 9.36. The Morgan fingerprint density at radius 2 is 1.12 bits per heavy atom. The Balaban J connectivity index is 1.18. The summed E-state index contributed by atoms with van der Waals surface area (Å²) in [5.41, 5.74) is -0.735. The van der Waals surface area contributed by atoms with Gasteiger partial charge in [-0.1, -0.05) is 89.1 Å². The van der Waals surface area contributed by atoms with Gasteiger partial charge in [0.1, 0.15) is 23.6 Å². The monoisotopic (exact) mass is 1150 g/mol. The van der Waals surface area contributed by atoms with Crippen molar-refractivity contribution < 1.29 is 62.6 Å². The fourth-order valence-corrected chi connectivity index (χ4v) is 14.7. The molecule has 0 aromatic heterocycles. The first-order valence-corrected chi connectivity index (χ1v) is 28.2. The molecule has 8 rings (SSSR count). The van der Waals surface area contributed by atoms with Crippen LogP contribution in [0.5, 0.6) is 0 Å². The zero-order valence-electron chi connectivity index (χ0n) is 48.4. The van der Waals surface area contributed by atoms with Crippen LogP contribution in [0.2, 0.25) is 0 Å². The van der Waals surface area contributed by atoms with E-state index >= 15 is 0 Å². The number of hydrogen-bond donors (Lipinski definition) is 0. The van der Waals surface area contributed by atoms with E-state index in [-0.39, 0.29) is 59.6 Å². The highest BCUT2D eigenvalue weighted by atomic mass is 16.6. The molecule has 0 aliphatic heterocycles. The van der Waals surface area contributed by atoms with E-state index in [0.717, 1.165) is 30.1 Å².